The van der Waals surface area contributed by atoms with Gasteiger partial charge in [0.15, 0.2) is 0 Å². The summed E-state index contributed by atoms with van der Waals surface area (Å²) >= 11 is 9.59. The second kappa shape index (κ2) is 5.17. The average Bonchev–Trinajstić information content (AvgIpc) is 1.65. The molecule has 0 aromatic heterocycles. The minimum absolute atomic E-state index is 0.273. The van der Waals surface area contributed by atoms with E-state index in [1.54, 1.807) is 0 Å². The van der Waals surface area contributed by atoms with Gasteiger partial charge in [0, 0.05) is 0 Å². The van der Waals surface area contributed by atoms with Crippen molar-refractivity contribution in [1.82, 2.24) is 0 Å². The quantitative estimate of drug-likeness (QED) is 0.543. The van der Waals surface area contributed by atoms with E-state index in [4.69, 9.17) is 11.2 Å². The standard InChI is InChI=1S/C2H4I2S2/c3-1-6(5)2-4/h1-2H2. The normalized spacial score (nSPS) is 9.83. The first-order valence-electron chi connectivity index (χ1n) is 1.28. The van der Waals surface area contributed by atoms with E-state index in [0.717, 1.165) is 7.52 Å². The zero-order valence-corrected chi connectivity index (χ0v) is 8.93. The Bertz CT molecular complexity index is 47.5. The molecule has 0 aliphatic heterocycles. The molecule has 0 aromatic carbocycles. The van der Waals surface area contributed by atoms with Crippen LogP contribution in [-0.2, 0) is 20.6 Å². The Morgan fingerprint density at radius 2 is 1.67 bits per heavy atom. The molecule has 0 saturated heterocycles. The summed E-state index contributed by atoms with van der Waals surface area (Å²) in [6, 6.07) is 0. The second-order valence-electron chi connectivity index (χ2n) is 0.658. The van der Waals surface area contributed by atoms with Crippen LogP contribution in [0.1, 0.15) is 0 Å². The van der Waals surface area contributed by atoms with Crippen molar-refractivity contribution in [2.24, 2.45) is 0 Å². The van der Waals surface area contributed by atoms with E-state index in [2.05, 4.69) is 45.2 Å². The van der Waals surface area contributed by atoms with E-state index >= 15 is 0 Å². The van der Waals surface area contributed by atoms with Crippen molar-refractivity contribution in [2.45, 2.75) is 0 Å². The molecule has 0 aliphatic rings. The van der Waals surface area contributed by atoms with Crippen LogP contribution in [0.15, 0.2) is 0 Å². The van der Waals surface area contributed by atoms with Gasteiger partial charge in [0.2, 0.25) is 0 Å². The van der Waals surface area contributed by atoms with Crippen LogP contribution in [0, 0.1) is 0 Å². The van der Waals surface area contributed by atoms with E-state index in [-0.39, 0.29) is 9.45 Å². The van der Waals surface area contributed by atoms with Gasteiger partial charge in [0.25, 0.3) is 0 Å². The average molecular weight is 346 g/mol. The predicted molar refractivity (Wildman–Crippen MR) is 52.5 cm³/mol. The zero-order chi connectivity index (χ0) is 4.99. The van der Waals surface area contributed by atoms with Gasteiger partial charge in [-0.15, -0.1) is 9.45 Å². The van der Waals surface area contributed by atoms with Crippen molar-refractivity contribution >= 4 is 65.8 Å². The third kappa shape index (κ3) is 4.20. The summed E-state index contributed by atoms with van der Waals surface area (Å²) in [5.41, 5.74) is 0. The van der Waals surface area contributed by atoms with Crippen molar-refractivity contribution < 1.29 is 0 Å². The molecular formula is C2H4I2S2. The van der Waals surface area contributed by atoms with Crippen molar-refractivity contribution in [2.75, 3.05) is 7.52 Å². The lowest BCUT2D eigenvalue weighted by atomic mass is 11.9. The molecule has 38 valence electrons. The van der Waals surface area contributed by atoms with Crippen LogP contribution in [0.3, 0.4) is 0 Å². The largest absolute Gasteiger partial charge is 0.102 e. The maximum atomic E-state index is 4.95. The van der Waals surface area contributed by atoms with Crippen LogP contribution >= 0.6 is 45.2 Å². The molecule has 0 radical (unpaired) electrons. The number of hydrogen-bond donors (Lipinski definition) is 0. The summed E-state index contributed by atoms with van der Waals surface area (Å²) in [5.74, 6) is 0. The van der Waals surface area contributed by atoms with Crippen LogP contribution in [-0.4, -0.2) is 7.52 Å². The highest BCUT2D eigenvalue weighted by Gasteiger charge is 1.81. The molecule has 0 saturated carbocycles. The summed E-state index contributed by atoms with van der Waals surface area (Å²) in [5, 5.41) is 0. The van der Waals surface area contributed by atoms with Crippen molar-refractivity contribution in [3.05, 3.63) is 0 Å². The van der Waals surface area contributed by atoms with Gasteiger partial charge in [0.1, 0.15) is 0 Å². The lowest BCUT2D eigenvalue weighted by molar-refractivity contribution is 2.27. The molecule has 0 aliphatic carbocycles. The summed E-state index contributed by atoms with van der Waals surface area (Å²) in [6.45, 7) is 0. The highest BCUT2D eigenvalue weighted by atomic mass is 127. The molecule has 0 aromatic rings. The molecule has 0 unspecified atom stereocenters. The highest BCUT2D eigenvalue weighted by molar-refractivity contribution is 14.1. The third-order valence-corrected chi connectivity index (χ3v) is 8.48. The second-order valence-corrected chi connectivity index (χ2v) is 7.13. The molecule has 0 spiro atoms. The number of halogens is 2. The Balaban J connectivity index is 2.99. The van der Waals surface area contributed by atoms with Crippen LogP contribution in [0.2, 0.25) is 0 Å². The molecule has 0 bridgehead atoms. The first kappa shape index (κ1) is 8.03. The van der Waals surface area contributed by atoms with E-state index < -0.39 is 0 Å². The van der Waals surface area contributed by atoms with Crippen LogP contribution < -0.4 is 0 Å². The third-order valence-electron chi connectivity index (χ3n) is 0.243. The monoisotopic (exact) mass is 346 g/mol. The van der Waals surface area contributed by atoms with E-state index in [1.165, 1.54) is 0 Å². The first-order valence-corrected chi connectivity index (χ1v) is 6.82. The van der Waals surface area contributed by atoms with E-state index in [0.29, 0.717) is 0 Å². The summed E-state index contributed by atoms with van der Waals surface area (Å²) in [7, 11) is 0.273. The van der Waals surface area contributed by atoms with E-state index in [1.807, 2.05) is 0 Å². The van der Waals surface area contributed by atoms with Gasteiger partial charge in [0.05, 0.1) is 7.52 Å². The fourth-order valence-electron chi connectivity index (χ4n) is 0.0292. The van der Waals surface area contributed by atoms with Gasteiger partial charge in [-0.1, -0.05) is 56.4 Å². The molecule has 0 heterocycles. The molecule has 4 heteroatoms. The lowest BCUT2D eigenvalue weighted by Crippen LogP contribution is -1.84. The van der Waals surface area contributed by atoms with Crippen molar-refractivity contribution in [3.8, 4) is 0 Å². The molecule has 0 rings (SSSR count). The molecule has 0 fully saturated rings. The minimum atomic E-state index is 0.273. The van der Waals surface area contributed by atoms with Crippen molar-refractivity contribution in [3.63, 3.8) is 0 Å². The molecular weight excluding hydrogens is 342 g/mol. The maximum Gasteiger partial charge on any atom is 0.0508 e. The molecule has 0 N–H and O–H groups in total. The van der Waals surface area contributed by atoms with Gasteiger partial charge >= 0.3 is 0 Å². The molecule has 6 heavy (non-hydrogen) atoms. The summed E-state index contributed by atoms with van der Waals surface area (Å²) < 4.78 is 2.27. The number of alkyl halides is 2. The Morgan fingerprint density at radius 1 is 1.33 bits per heavy atom. The Hall–Kier alpha value is 2.03. The molecule has 0 amide bonds. The summed E-state index contributed by atoms with van der Waals surface area (Å²) in [6.07, 6.45) is 0. The maximum absolute atomic E-state index is 4.95. The smallest absolute Gasteiger partial charge is 0.0508 e. The van der Waals surface area contributed by atoms with Crippen molar-refractivity contribution in [1.29, 1.82) is 0 Å². The summed E-state index contributed by atoms with van der Waals surface area (Å²) in [4.78, 5) is 0. The SMILES string of the molecule is S=S(CI)CI. The van der Waals surface area contributed by atoms with Gasteiger partial charge in [-0.2, -0.15) is 0 Å². The fraction of sp³-hybridized carbons (Fsp3) is 1.00. The van der Waals surface area contributed by atoms with Gasteiger partial charge < -0.3 is 0 Å². The Morgan fingerprint density at radius 3 is 1.67 bits per heavy atom. The Kier molecular flexibility index (Phi) is 6.92. The first-order chi connectivity index (χ1) is 2.81. The van der Waals surface area contributed by atoms with Crippen LogP contribution in [0.5, 0.6) is 0 Å². The van der Waals surface area contributed by atoms with Crippen LogP contribution in [0.4, 0.5) is 0 Å². The van der Waals surface area contributed by atoms with Gasteiger partial charge in [-0.05, 0) is 0 Å². The molecule has 0 nitrogen and oxygen atoms in total. The number of hydrogen-bond acceptors (Lipinski definition) is 1. The topological polar surface area (TPSA) is 0 Å². The van der Waals surface area contributed by atoms with Crippen LogP contribution in [0.25, 0.3) is 0 Å². The number of rotatable bonds is 2. The molecule has 0 atom stereocenters. The minimum Gasteiger partial charge on any atom is -0.102 e. The van der Waals surface area contributed by atoms with E-state index in [9.17, 15) is 0 Å². The predicted octanol–water partition coefficient (Wildman–Crippen LogP) is 1.85. The Labute approximate surface area is 72.3 Å². The lowest BCUT2D eigenvalue weighted by Gasteiger charge is -1.86. The fourth-order valence-corrected chi connectivity index (χ4v) is 3.94. The highest BCUT2D eigenvalue weighted by Crippen LogP contribution is 1.94. The zero-order valence-electron chi connectivity index (χ0n) is 2.99. The van der Waals surface area contributed by atoms with Gasteiger partial charge in [-0.3, -0.25) is 0 Å². The van der Waals surface area contributed by atoms with Gasteiger partial charge in [-0.25, -0.2) is 0 Å².